The van der Waals surface area contributed by atoms with Gasteiger partial charge in [-0.25, -0.2) is 9.37 Å². The molecule has 1 atom stereocenters. The predicted octanol–water partition coefficient (Wildman–Crippen LogP) is 7.11. The molecular weight excluding hydrogens is 536 g/mol. The highest BCUT2D eigenvalue weighted by molar-refractivity contribution is 5.66. The van der Waals surface area contributed by atoms with Crippen molar-refractivity contribution in [3.63, 3.8) is 0 Å². The number of H-pyrrole nitrogens is 1. The van der Waals surface area contributed by atoms with Gasteiger partial charge >= 0.3 is 0 Å². The topological polar surface area (TPSA) is 96.7 Å². The van der Waals surface area contributed by atoms with Gasteiger partial charge in [-0.05, 0) is 85.7 Å². The second-order valence-corrected chi connectivity index (χ2v) is 10.3. The van der Waals surface area contributed by atoms with Crippen LogP contribution in [0.2, 0.25) is 0 Å². The molecule has 0 fully saturated rings. The predicted molar refractivity (Wildman–Crippen MR) is 160 cm³/mol. The Morgan fingerprint density at radius 3 is 2.31 bits per heavy atom. The summed E-state index contributed by atoms with van der Waals surface area (Å²) in [6.45, 7) is 10.6. The van der Waals surface area contributed by atoms with E-state index < -0.39 is 11.5 Å². The summed E-state index contributed by atoms with van der Waals surface area (Å²) < 4.78 is 27.9. The Labute approximate surface area is 244 Å². The minimum atomic E-state index is -0.514. The molecule has 42 heavy (non-hydrogen) atoms. The summed E-state index contributed by atoms with van der Waals surface area (Å²) in [7, 11) is 0. The minimum Gasteiger partial charge on any atom is -0.493 e. The fraction of sp³-hybridized carbons (Fsp3) is 0.273. The Morgan fingerprint density at radius 2 is 1.71 bits per heavy atom. The lowest BCUT2D eigenvalue weighted by molar-refractivity contribution is 0.445. The normalized spacial score (nSPS) is 11.6. The maximum Gasteiger partial charge on any atom is 0.258 e. The summed E-state index contributed by atoms with van der Waals surface area (Å²) in [5, 5.41) is 14.6. The van der Waals surface area contributed by atoms with E-state index in [1.807, 2.05) is 38.1 Å². The SMILES string of the molecule is CC[C@H](C)c1cc(C)cc(F)c1.CCn1ccc(-c2nc(O)c(Cc3ccc(-c4ccc(F)nc4C)cc3)c(=O)[nH]2)n1. The zero-order chi connectivity index (χ0) is 30.4. The highest BCUT2D eigenvalue weighted by atomic mass is 19.1. The molecule has 5 aromatic rings. The second kappa shape index (κ2) is 13.3. The van der Waals surface area contributed by atoms with E-state index in [2.05, 4.69) is 40.0 Å². The average molecular weight is 572 g/mol. The first kappa shape index (κ1) is 30.3. The van der Waals surface area contributed by atoms with Crippen LogP contribution in [0, 0.1) is 25.6 Å². The van der Waals surface area contributed by atoms with Crippen LogP contribution in [-0.2, 0) is 13.0 Å². The third-order valence-electron chi connectivity index (χ3n) is 7.14. The first-order valence-electron chi connectivity index (χ1n) is 13.9. The molecular formula is C33H35F2N5O2. The molecule has 0 unspecified atom stereocenters. The van der Waals surface area contributed by atoms with E-state index in [0.29, 0.717) is 23.9 Å². The number of aromatic hydroxyl groups is 1. The summed E-state index contributed by atoms with van der Waals surface area (Å²) in [5.41, 5.74) is 5.53. The monoisotopic (exact) mass is 571 g/mol. The molecule has 3 heterocycles. The quantitative estimate of drug-likeness (QED) is 0.203. The lowest BCUT2D eigenvalue weighted by Crippen LogP contribution is -2.16. The first-order chi connectivity index (χ1) is 20.1. The first-order valence-corrected chi connectivity index (χ1v) is 13.9. The standard InChI is InChI=1S/C22H20FN5O2.C11H15F/c1-3-28-11-10-18(27-28)20-25-21(29)17(22(30)26-20)12-14-4-6-15(7-5-14)16-8-9-19(23)24-13(16)2;1-4-9(3)10-5-8(2)6-11(12)7-10/h4-11H,3,12H2,1-2H3,(H2,25,26,29,30);5-7,9H,4H2,1-3H3/t;9-/m.0/s1. The van der Waals surface area contributed by atoms with Gasteiger partial charge in [0.1, 0.15) is 11.5 Å². The Hall–Kier alpha value is -4.66. The Kier molecular flexibility index (Phi) is 9.62. The molecule has 0 bridgehead atoms. The summed E-state index contributed by atoms with van der Waals surface area (Å²) in [6, 6.07) is 17.4. The second-order valence-electron chi connectivity index (χ2n) is 10.3. The third-order valence-corrected chi connectivity index (χ3v) is 7.14. The molecule has 0 saturated carbocycles. The van der Waals surface area contributed by atoms with Gasteiger partial charge in [0.2, 0.25) is 11.8 Å². The van der Waals surface area contributed by atoms with Crippen LogP contribution in [0.4, 0.5) is 8.78 Å². The van der Waals surface area contributed by atoms with E-state index in [0.717, 1.165) is 34.2 Å². The van der Waals surface area contributed by atoms with Crippen LogP contribution < -0.4 is 5.56 Å². The van der Waals surface area contributed by atoms with E-state index in [1.165, 1.54) is 6.07 Å². The third kappa shape index (κ3) is 7.34. The van der Waals surface area contributed by atoms with Crippen molar-refractivity contribution in [2.75, 3.05) is 0 Å². The van der Waals surface area contributed by atoms with Crippen LogP contribution in [0.3, 0.4) is 0 Å². The molecule has 3 aromatic heterocycles. The summed E-state index contributed by atoms with van der Waals surface area (Å²) in [4.78, 5) is 23.2. The number of halogens is 2. The Bertz CT molecular complexity index is 1710. The number of nitrogens with zero attached hydrogens (tertiary/aromatic N) is 4. The van der Waals surface area contributed by atoms with Gasteiger partial charge in [-0.3, -0.25) is 9.48 Å². The largest absolute Gasteiger partial charge is 0.493 e. The number of nitrogens with one attached hydrogen (secondary N) is 1. The number of pyridine rings is 1. The van der Waals surface area contributed by atoms with E-state index in [4.69, 9.17) is 0 Å². The van der Waals surface area contributed by atoms with Crippen molar-refractivity contribution in [1.82, 2.24) is 24.7 Å². The number of rotatable bonds is 7. The molecule has 7 nitrogen and oxygen atoms in total. The highest BCUT2D eigenvalue weighted by Crippen LogP contribution is 2.25. The number of hydrogen-bond donors (Lipinski definition) is 2. The molecule has 5 rings (SSSR count). The van der Waals surface area contributed by atoms with Crippen molar-refractivity contribution >= 4 is 0 Å². The van der Waals surface area contributed by atoms with Crippen LogP contribution in [0.1, 0.15) is 61.1 Å². The molecule has 0 aliphatic heterocycles. The molecule has 0 radical (unpaired) electrons. The fourth-order valence-corrected chi connectivity index (χ4v) is 4.56. The van der Waals surface area contributed by atoms with E-state index in [-0.39, 0.29) is 29.5 Å². The van der Waals surface area contributed by atoms with Gasteiger partial charge in [-0.15, -0.1) is 0 Å². The van der Waals surface area contributed by atoms with E-state index in [1.54, 1.807) is 42.1 Å². The number of aromatic amines is 1. The molecule has 0 amide bonds. The van der Waals surface area contributed by atoms with Crippen LogP contribution in [0.25, 0.3) is 22.6 Å². The van der Waals surface area contributed by atoms with Crippen molar-refractivity contribution in [2.24, 2.45) is 0 Å². The Balaban J connectivity index is 0.000000283. The molecule has 0 saturated heterocycles. The van der Waals surface area contributed by atoms with Crippen LogP contribution in [-0.4, -0.2) is 29.8 Å². The number of hydrogen-bond acceptors (Lipinski definition) is 5. The number of benzene rings is 2. The fourth-order valence-electron chi connectivity index (χ4n) is 4.56. The summed E-state index contributed by atoms with van der Waals surface area (Å²) in [6.07, 6.45) is 3.06. The van der Waals surface area contributed by atoms with Crippen molar-refractivity contribution in [3.8, 4) is 28.5 Å². The smallest absolute Gasteiger partial charge is 0.258 e. The minimum absolute atomic E-state index is 0.120. The maximum atomic E-state index is 13.2. The van der Waals surface area contributed by atoms with Crippen molar-refractivity contribution in [1.29, 1.82) is 0 Å². The summed E-state index contributed by atoms with van der Waals surface area (Å²) in [5.74, 6) is -0.268. The molecule has 0 aliphatic carbocycles. The van der Waals surface area contributed by atoms with Gasteiger partial charge < -0.3 is 10.1 Å². The van der Waals surface area contributed by atoms with Crippen molar-refractivity contribution in [2.45, 2.75) is 59.9 Å². The maximum absolute atomic E-state index is 13.2. The number of aromatic nitrogens is 5. The van der Waals surface area contributed by atoms with Crippen molar-refractivity contribution in [3.05, 3.63) is 117 Å². The molecule has 2 aromatic carbocycles. The molecule has 0 aliphatic rings. The lowest BCUT2D eigenvalue weighted by atomic mass is 9.97. The zero-order valence-electron chi connectivity index (χ0n) is 24.4. The van der Waals surface area contributed by atoms with Gasteiger partial charge in [0.15, 0.2) is 5.82 Å². The number of aryl methyl sites for hydroxylation is 3. The Morgan fingerprint density at radius 1 is 0.976 bits per heavy atom. The van der Waals surface area contributed by atoms with Crippen LogP contribution >= 0.6 is 0 Å². The van der Waals surface area contributed by atoms with Crippen molar-refractivity contribution < 1.29 is 13.9 Å². The summed E-state index contributed by atoms with van der Waals surface area (Å²) >= 11 is 0. The molecule has 218 valence electrons. The molecule has 0 spiro atoms. The van der Waals surface area contributed by atoms with Gasteiger partial charge in [0, 0.05) is 30.4 Å². The van der Waals surface area contributed by atoms with E-state index in [9.17, 15) is 18.7 Å². The van der Waals surface area contributed by atoms with E-state index >= 15 is 0 Å². The van der Waals surface area contributed by atoms with Crippen LogP contribution in [0.15, 0.2) is 71.7 Å². The van der Waals surface area contributed by atoms with Crippen LogP contribution in [0.5, 0.6) is 5.88 Å². The molecule has 2 N–H and O–H groups in total. The van der Waals surface area contributed by atoms with Gasteiger partial charge in [-0.2, -0.15) is 14.5 Å². The van der Waals surface area contributed by atoms with Gasteiger partial charge in [0.25, 0.3) is 5.56 Å². The van der Waals surface area contributed by atoms with Gasteiger partial charge in [-0.1, -0.05) is 44.2 Å². The lowest BCUT2D eigenvalue weighted by Gasteiger charge is -2.09. The highest BCUT2D eigenvalue weighted by Gasteiger charge is 2.14. The average Bonchev–Trinajstić information content (AvgIpc) is 3.44. The van der Waals surface area contributed by atoms with Gasteiger partial charge in [0.05, 0.1) is 5.56 Å². The molecule has 9 heteroatoms. The zero-order valence-corrected chi connectivity index (χ0v) is 24.4.